The lowest BCUT2D eigenvalue weighted by Gasteiger charge is -2.09. The number of rotatable bonds is 8. The Morgan fingerprint density at radius 3 is 2.53 bits per heavy atom. The quantitative estimate of drug-likeness (QED) is 0.377. The number of halogens is 1. The largest absolute Gasteiger partial charge is 0.441 e. The van der Waals surface area contributed by atoms with Gasteiger partial charge in [-0.05, 0) is 61.0 Å². The molecule has 3 aromatic carbocycles. The van der Waals surface area contributed by atoms with Crippen molar-refractivity contribution >= 4 is 17.5 Å². The second-order valence-corrected chi connectivity index (χ2v) is 7.92. The van der Waals surface area contributed by atoms with Gasteiger partial charge in [0, 0.05) is 36.2 Å². The third-order valence-corrected chi connectivity index (χ3v) is 5.24. The van der Waals surface area contributed by atoms with Crippen molar-refractivity contribution < 1.29 is 18.4 Å². The molecule has 0 bridgehead atoms. The van der Waals surface area contributed by atoms with Crippen molar-refractivity contribution in [3.05, 3.63) is 107 Å². The zero-order valence-electron chi connectivity index (χ0n) is 18.7. The van der Waals surface area contributed by atoms with Gasteiger partial charge in [0.05, 0.1) is 6.20 Å². The van der Waals surface area contributed by atoms with E-state index in [-0.39, 0.29) is 24.1 Å². The first kappa shape index (κ1) is 22.9. The monoisotopic (exact) mass is 457 g/mol. The van der Waals surface area contributed by atoms with E-state index in [0.29, 0.717) is 35.9 Å². The second-order valence-electron chi connectivity index (χ2n) is 7.92. The molecule has 0 aliphatic carbocycles. The van der Waals surface area contributed by atoms with Crippen LogP contribution in [0.1, 0.15) is 33.8 Å². The first-order valence-electron chi connectivity index (χ1n) is 10.9. The lowest BCUT2D eigenvalue weighted by atomic mass is 10.1. The van der Waals surface area contributed by atoms with E-state index in [2.05, 4.69) is 15.6 Å². The van der Waals surface area contributed by atoms with Crippen LogP contribution in [0, 0.1) is 12.7 Å². The maximum Gasteiger partial charge on any atom is 0.255 e. The molecular weight excluding hydrogens is 433 g/mol. The van der Waals surface area contributed by atoms with Crippen molar-refractivity contribution in [1.82, 2.24) is 10.3 Å². The first-order chi connectivity index (χ1) is 16.5. The van der Waals surface area contributed by atoms with E-state index in [4.69, 9.17) is 4.42 Å². The van der Waals surface area contributed by atoms with Crippen molar-refractivity contribution in [2.45, 2.75) is 26.3 Å². The number of oxazole rings is 1. The molecule has 2 N–H and O–H groups in total. The number of aryl methyl sites for hydroxylation is 2. The summed E-state index contributed by atoms with van der Waals surface area (Å²) in [5, 5.41) is 5.75. The summed E-state index contributed by atoms with van der Waals surface area (Å²) in [6, 6.07) is 20.6. The Hall–Kier alpha value is -4.26. The summed E-state index contributed by atoms with van der Waals surface area (Å²) in [4.78, 5) is 28.9. The summed E-state index contributed by atoms with van der Waals surface area (Å²) in [6.07, 6.45) is 2.13. The van der Waals surface area contributed by atoms with Gasteiger partial charge in [-0.15, -0.1) is 0 Å². The Labute approximate surface area is 196 Å². The lowest BCUT2D eigenvalue weighted by Crippen LogP contribution is -2.23. The van der Waals surface area contributed by atoms with E-state index in [1.807, 2.05) is 37.3 Å². The summed E-state index contributed by atoms with van der Waals surface area (Å²) in [5.74, 6) is 0.317. The van der Waals surface area contributed by atoms with Crippen LogP contribution in [-0.2, 0) is 17.8 Å². The van der Waals surface area contributed by atoms with Gasteiger partial charge in [0.2, 0.25) is 5.91 Å². The third-order valence-electron chi connectivity index (χ3n) is 5.24. The van der Waals surface area contributed by atoms with Crippen LogP contribution in [0.4, 0.5) is 10.1 Å². The van der Waals surface area contributed by atoms with Gasteiger partial charge >= 0.3 is 0 Å². The molecule has 0 aliphatic heterocycles. The molecule has 0 aliphatic rings. The number of carbonyl (C=O) groups is 2. The molecule has 4 aromatic rings. The molecule has 1 heterocycles. The highest BCUT2D eigenvalue weighted by Crippen LogP contribution is 2.21. The van der Waals surface area contributed by atoms with Crippen LogP contribution < -0.4 is 10.6 Å². The highest BCUT2D eigenvalue weighted by Gasteiger charge is 2.10. The molecule has 0 atom stereocenters. The SMILES string of the molecule is Cc1ccc(C(=O)Nc2cccc(CNC(=O)CCc3ncc(-c4ccc(F)cc4)o3)c2)cc1. The van der Waals surface area contributed by atoms with Gasteiger partial charge in [0.25, 0.3) is 5.91 Å². The molecule has 172 valence electrons. The average molecular weight is 458 g/mol. The van der Waals surface area contributed by atoms with Crippen LogP contribution in [0.5, 0.6) is 0 Å². The van der Waals surface area contributed by atoms with E-state index in [0.717, 1.165) is 16.7 Å². The Morgan fingerprint density at radius 1 is 1.00 bits per heavy atom. The normalized spacial score (nSPS) is 10.6. The van der Waals surface area contributed by atoms with Crippen LogP contribution in [0.25, 0.3) is 11.3 Å². The Balaban J connectivity index is 1.26. The van der Waals surface area contributed by atoms with Crippen LogP contribution in [-0.4, -0.2) is 16.8 Å². The number of hydrogen-bond donors (Lipinski definition) is 2. The fraction of sp³-hybridized carbons (Fsp3) is 0.148. The Kier molecular flexibility index (Phi) is 7.13. The Morgan fingerprint density at radius 2 is 1.76 bits per heavy atom. The number of aromatic nitrogens is 1. The van der Waals surface area contributed by atoms with Crippen molar-refractivity contribution in [3.8, 4) is 11.3 Å². The lowest BCUT2D eigenvalue weighted by molar-refractivity contribution is -0.121. The van der Waals surface area contributed by atoms with Gasteiger partial charge in [0.15, 0.2) is 11.7 Å². The number of nitrogens with one attached hydrogen (secondary N) is 2. The maximum atomic E-state index is 13.1. The van der Waals surface area contributed by atoms with Gasteiger partial charge in [-0.2, -0.15) is 0 Å². The number of carbonyl (C=O) groups excluding carboxylic acids is 2. The van der Waals surface area contributed by atoms with E-state index in [9.17, 15) is 14.0 Å². The predicted octanol–water partition coefficient (Wildman–Crippen LogP) is 5.29. The average Bonchev–Trinajstić information content (AvgIpc) is 3.31. The number of hydrogen-bond acceptors (Lipinski definition) is 4. The van der Waals surface area contributed by atoms with Crippen LogP contribution in [0.15, 0.2) is 83.4 Å². The van der Waals surface area contributed by atoms with Crippen molar-refractivity contribution in [3.63, 3.8) is 0 Å². The first-order valence-corrected chi connectivity index (χ1v) is 10.9. The van der Waals surface area contributed by atoms with E-state index in [1.54, 1.807) is 36.5 Å². The Bertz CT molecular complexity index is 1280. The van der Waals surface area contributed by atoms with Gasteiger partial charge in [0.1, 0.15) is 5.82 Å². The third kappa shape index (κ3) is 6.16. The number of nitrogens with zero attached hydrogens (tertiary/aromatic N) is 1. The molecule has 0 fully saturated rings. The van der Waals surface area contributed by atoms with Gasteiger partial charge in [-0.1, -0.05) is 29.8 Å². The van der Waals surface area contributed by atoms with Crippen LogP contribution in [0.2, 0.25) is 0 Å². The fourth-order valence-corrected chi connectivity index (χ4v) is 3.35. The number of amides is 2. The summed E-state index contributed by atoms with van der Waals surface area (Å²) >= 11 is 0. The molecule has 34 heavy (non-hydrogen) atoms. The summed E-state index contributed by atoms with van der Waals surface area (Å²) in [7, 11) is 0. The van der Waals surface area contributed by atoms with Gasteiger partial charge < -0.3 is 15.1 Å². The number of benzene rings is 3. The zero-order chi connectivity index (χ0) is 23.9. The zero-order valence-corrected chi connectivity index (χ0v) is 18.7. The number of anilines is 1. The summed E-state index contributed by atoms with van der Waals surface area (Å²) in [6.45, 7) is 2.30. The topological polar surface area (TPSA) is 84.2 Å². The molecule has 2 amide bonds. The highest BCUT2D eigenvalue weighted by atomic mass is 19.1. The van der Waals surface area contributed by atoms with E-state index < -0.39 is 0 Å². The molecule has 1 aromatic heterocycles. The smallest absolute Gasteiger partial charge is 0.255 e. The molecule has 7 heteroatoms. The van der Waals surface area contributed by atoms with Crippen LogP contribution in [0.3, 0.4) is 0 Å². The van der Waals surface area contributed by atoms with Gasteiger partial charge in [-0.25, -0.2) is 9.37 Å². The van der Waals surface area contributed by atoms with E-state index >= 15 is 0 Å². The molecule has 4 rings (SSSR count). The molecule has 0 radical (unpaired) electrons. The molecule has 0 saturated heterocycles. The van der Waals surface area contributed by atoms with Gasteiger partial charge in [-0.3, -0.25) is 9.59 Å². The minimum Gasteiger partial charge on any atom is -0.441 e. The molecule has 6 nitrogen and oxygen atoms in total. The van der Waals surface area contributed by atoms with Crippen molar-refractivity contribution in [1.29, 1.82) is 0 Å². The predicted molar refractivity (Wildman–Crippen MR) is 128 cm³/mol. The van der Waals surface area contributed by atoms with Crippen molar-refractivity contribution in [2.24, 2.45) is 0 Å². The maximum absolute atomic E-state index is 13.1. The molecular formula is C27H24FN3O3. The summed E-state index contributed by atoms with van der Waals surface area (Å²) < 4.78 is 18.7. The fourth-order valence-electron chi connectivity index (χ4n) is 3.35. The highest BCUT2D eigenvalue weighted by molar-refractivity contribution is 6.04. The minimum absolute atomic E-state index is 0.143. The molecule has 0 spiro atoms. The second kappa shape index (κ2) is 10.6. The molecule has 0 unspecified atom stereocenters. The summed E-state index contributed by atoms with van der Waals surface area (Å²) in [5.41, 5.74) is 3.91. The van der Waals surface area contributed by atoms with Crippen LogP contribution >= 0.6 is 0 Å². The standard InChI is InChI=1S/C27H24FN3O3/c1-18-5-7-21(8-6-18)27(33)31-23-4-2-3-19(15-23)16-29-25(32)13-14-26-30-17-24(34-26)20-9-11-22(28)12-10-20/h2-12,15,17H,13-14,16H2,1H3,(H,29,32)(H,31,33). The minimum atomic E-state index is -0.320. The van der Waals surface area contributed by atoms with Crippen molar-refractivity contribution in [2.75, 3.05) is 5.32 Å². The molecule has 0 saturated carbocycles. The van der Waals surface area contributed by atoms with E-state index in [1.165, 1.54) is 12.1 Å².